The Balaban J connectivity index is 2.03. The Morgan fingerprint density at radius 1 is 1.43 bits per heavy atom. The second-order valence-corrected chi connectivity index (χ2v) is 6.23. The van der Waals surface area contributed by atoms with E-state index < -0.39 is 0 Å². The molecule has 1 aliphatic rings. The highest BCUT2D eigenvalue weighted by Gasteiger charge is 2.31. The topological polar surface area (TPSA) is 61.9 Å². The van der Waals surface area contributed by atoms with Crippen LogP contribution in [-0.4, -0.2) is 17.1 Å². The third-order valence-electron chi connectivity index (χ3n) is 3.83. The summed E-state index contributed by atoms with van der Waals surface area (Å²) in [7, 11) is 0. The van der Waals surface area contributed by atoms with Gasteiger partial charge in [-0.1, -0.05) is 17.3 Å². The number of hydrogen-bond donors (Lipinski definition) is 2. The number of aryl methyl sites for hydroxylation is 1. The van der Waals surface area contributed by atoms with Crippen LogP contribution in [-0.2, 0) is 6.54 Å². The summed E-state index contributed by atoms with van der Waals surface area (Å²) in [5.74, 6) is 0.171. The molecule has 0 saturated heterocycles. The number of anilines is 1. The van der Waals surface area contributed by atoms with Crippen LogP contribution in [0.1, 0.15) is 29.5 Å². The molecule has 0 radical (unpaired) electrons. The maximum absolute atomic E-state index is 9.04. The summed E-state index contributed by atoms with van der Waals surface area (Å²) in [6, 6.07) is 8.65. The zero-order valence-corrected chi connectivity index (χ0v) is 12.8. The number of nitrogens with two attached hydrogens (primary N) is 1. The number of para-hydroxylation sites is 1. The number of nitrogens with zero attached hydrogens (tertiary/aromatic N) is 2. The van der Waals surface area contributed by atoms with Gasteiger partial charge in [-0.15, -0.1) is 0 Å². The summed E-state index contributed by atoms with van der Waals surface area (Å²) >= 11 is 1.71. The molecular weight excluding hydrogens is 282 g/mol. The molecular formula is C16H19N3OS. The number of rotatable bonds is 5. The average molecular weight is 301 g/mol. The third-order valence-corrected chi connectivity index (χ3v) is 4.56. The van der Waals surface area contributed by atoms with Gasteiger partial charge in [0.15, 0.2) is 5.84 Å². The van der Waals surface area contributed by atoms with Gasteiger partial charge in [0.2, 0.25) is 0 Å². The Morgan fingerprint density at radius 3 is 2.86 bits per heavy atom. The van der Waals surface area contributed by atoms with E-state index in [0.717, 1.165) is 23.4 Å². The van der Waals surface area contributed by atoms with Gasteiger partial charge in [-0.2, -0.15) is 11.3 Å². The monoisotopic (exact) mass is 301 g/mol. The van der Waals surface area contributed by atoms with Crippen molar-refractivity contribution >= 4 is 22.9 Å². The first-order valence-corrected chi connectivity index (χ1v) is 8.00. The second kappa shape index (κ2) is 5.77. The van der Waals surface area contributed by atoms with Crippen molar-refractivity contribution in [3.8, 4) is 0 Å². The first-order valence-electron chi connectivity index (χ1n) is 7.06. The molecule has 0 bridgehead atoms. The lowest BCUT2D eigenvalue weighted by Gasteiger charge is -2.28. The van der Waals surface area contributed by atoms with Gasteiger partial charge in [0, 0.05) is 18.2 Å². The molecule has 1 saturated carbocycles. The van der Waals surface area contributed by atoms with Gasteiger partial charge in [0.05, 0.1) is 5.69 Å². The molecule has 1 heterocycles. The number of amidine groups is 1. The van der Waals surface area contributed by atoms with E-state index in [2.05, 4.69) is 39.9 Å². The lowest BCUT2D eigenvalue weighted by atomic mass is 10.0. The number of oxime groups is 1. The van der Waals surface area contributed by atoms with E-state index in [-0.39, 0.29) is 5.84 Å². The molecule has 0 amide bonds. The smallest absolute Gasteiger partial charge is 0.172 e. The van der Waals surface area contributed by atoms with Crippen molar-refractivity contribution in [2.24, 2.45) is 10.9 Å². The first kappa shape index (κ1) is 13.9. The summed E-state index contributed by atoms with van der Waals surface area (Å²) in [6.07, 6.45) is 2.40. The maximum atomic E-state index is 9.04. The molecule has 0 spiro atoms. The van der Waals surface area contributed by atoms with Crippen LogP contribution < -0.4 is 10.6 Å². The van der Waals surface area contributed by atoms with Crippen molar-refractivity contribution in [1.82, 2.24) is 0 Å². The van der Waals surface area contributed by atoms with Crippen LogP contribution in [0.15, 0.2) is 40.2 Å². The lowest BCUT2D eigenvalue weighted by Crippen LogP contribution is -2.29. The number of benzene rings is 1. The second-order valence-electron chi connectivity index (χ2n) is 5.45. The fourth-order valence-electron chi connectivity index (χ4n) is 2.66. The Labute approximate surface area is 128 Å². The molecule has 21 heavy (non-hydrogen) atoms. The number of hydrogen-bond acceptors (Lipinski definition) is 4. The van der Waals surface area contributed by atoms with E-state index in [1.54, 1.807) is 11.3 Å². The normalized spacial score (nSPS) is 15.2. The molecule has 4 nitrogen and oxygen atoms in total. The Kier molecular flexibility index (Phi) is 3.84. The Morgan fingerprint density at radius 2 is 2.24 bits per heavy atom. The minimum absolute atomic E-state index is 0.171. The largest absolute Gasteiger partial charge is 0.409 e. The van der Waals surface area contributed by atoms with Gasteiger partial charge in [-0.3, -0.25) is 0 Å². The molecule has 1 aromatic heterocycles. The van der Waals surface area contributed by atoms with Crippen molar-refractivity contribution in [3.05, 3.63) is 51.7 Å². The molecule has 3 rings (SSSR count). The van der Waals surface area contributed by atoms with Crippen molar-refractivity contribution in [2.45, 2.75) is 32.4 Å². The quantitative estimate of drug-likeness (QED) is 0.385. The molecule has 1 aliphatic carbocycles. The van der Waals surface area contributed by atoms with Crippen LogP contribution in [0, 0.1) is 6.92 Å². The minimum Gasteiger partial charge on any atom is -0.409 e. The van der Waals surface area contributed by atoms with Crippen LogP contribution in [0.3, 0.4) is 0 Å². The van der Waals surface area contributed by atoms with E-state index in [0.29, 0.717) is 6.04 Å². The molecule has 5 heteroatoms. The van der Waals surface area contributed by atoms with Crippen LogP contribution in [0.5, 0.6) is 0 Å². The molecule has 1 aromatic carbocycles. The average Bonchev–Trinajstić information content (AvgIpc) is 3.21. The minimum atomic E-state index is 0.171. The maximum Gasteiger partial charge on any atom is 0.172 e. The fraction of sp³-hybridized carbons (Fsp3) is 0.312. The van der Waals surface area contributed by atoms with Crippen molar-refractivity contribution < 1.29 is 5.21 Å². The van der Waals surface area contributed by atoms with Gasteiger partial charge >= 0.3 is 0 Å². The number of thiophene rings is 1. The van der Waals surface area contributed by atoms with Gasteiger partial charge < -0.3 is 15.8 Å². The van der Waals surface area contributed by atoms with Crippen molar-refractivity contribution in [3.63, 3.8) is 0 Å². The summed E-state index contributed by atoms with van der Waals surface area (Å²) in [5, 5.41) is 16.5. The highest BCUT2D eigenvalue weighted by Crippen LogP contribution is 2.37. The van der Waals surface area contributed by atoms with Gasteiger partial charge in [0.25, 0.3) is 0 Å². The predicted molar refractivity (Wildman–Crippen MR) is 87.2 cm³/mol. The van der Waals surface area contributed by atoms with Crippen molar-refractivity contribution in [1.29, 1.82) is 0 Å². The van der Waals surface area contributed by atoms with Crippen molar-refractivity contribution in [2.75, 3.05) is 4.90 Å². The third kappa shape index (κ3) is 2.88. The van der Waals surface area contributed by atoms with Gasteiger partial charge in [-0.25, -0.2) is 0 Å². The van der Waals surface area contributed by atoms with Crippen LogP contribution >= 0.6 is 11.3 Å². The van der Waals surface area contributed by atoms with E-state index in [1.165, 1.54) is 18.4 Å². The van der Waals surface area contributed by atoms with Crippen LogP contribution in [0.2, 0.25) is 0 Å². The zero-order chi connectivity index (χ0) is 14.8. The SMILES string of the molecule is Cc1cccc(/C(N)=N/O)c1N(Cc1ccsc1)C1CC1. The summed E-state index contributed by atoms with van der Waals surface area (Å²) < 4.78 is 0. The Hall–Kier alpha value is -2.01. The molecule has 1 fully saturated rings. The molecule has 3 N–H and O–H groups in total. The summed E-state index contributed by atoms with van der Waals surface area (Å²) in [5.41, 5.74) is 10.2. The highest BCUT2D eigenvalue weighted by atomic mass is 32.1. The van der Waals surface area contributed by atoms with E-state index in [4.69, 9.17) is 10.9 Å². The zero-order valence-electron chi connectivity index (χ0n) is 12.0. The van der Waals surface area contributed by atoms with E-state index in [1.807, 2.05) is 12.1 Å². The van der Waals surface area contributed by atoms with Gasteiger partial charge in [0.1, 0.15) is 0 Å². The fourth-order valence-corrected chi connectivity index (χ4v) is 3.32. The molecule has 2 aromatic rings. The molecule has 0 unspecified atom stereocenters. The van der Waals surface area contributed by atoms with E-state index in [9.17, 15) is 0 Å². The molecule has 110 valence electrons. The standard InChI is InChI=1S/C16H19N3OS/c1-11-3-2-4-14(16(17)18-20)15(11)19(13-5-6-13)9-12-7-8-21-10-12/h2-4,7-8,10,13,20H,5-6,9H2,1H3,(H2,17,18). The van der Waals surface area contributed by atoms with Crippen LogP contribution in [0.25, 0.3) is 0 Å². The van der Waals surface area contributed by atoms with E-state index >= 15 is 0 Å². The highest BCUT2D eigenvalue weighted by molar-refractivity contribution is 7.07. The molecule has 0 atom stereocenters. The summed E-state index contributed by atoms with van der Waals surface area (Å²) in [4.78, 5) is 2.39. The lowest BCUT2D eigenvalue weighted by molar-refractivity contribution is 0.318. The van der Waals surface area contributed by atoms with Gasteiger partial charge in [-0.05, 0) is 53.8 Å². The predicted octanol–water partition coefficient (Wildman–Crippen LogP) is 3.32. The Bertz CT molecular complexity index is 648. The van der Waals surface area contributed by atoms with Crippen LogP contribution in [0.4, 0.5) is 5.69 Å². The first-order chi connectivity index (χ1) is 10.2. The molecule has 0 aliphatic heterocycles. The summed E-state index contributed by atoms with van der Waals surface area (Å²) in [6.45, 7) is 2.94.